The van der Waals surface area contributed by atoms with Gasteiger partial charge in [0.05, 0.1) is 0 Å². The predicted molar refractivity (Wildman–Crippen MR) is 84.7 cm³/mol. The SMILES string of the molecule is CCCNC(CN1CC2CCCC2C1)c1ccccc1F. The number of hydrogen-bond acceptors (Lipinski definition) is 2. The van der Waals surface area contributed by atoms with Crippen LogP contribution >= 0.6 is 0 Å². The quantitative estimate of drug-likeness (QED) is 0.861. The number of likely N-dealkylation sites (tertiary alicyclic amines) is 1. The van der Waals surface area contributed by atoms with Crippen LogP contribution in [0.25, 0.3) is 0 Å². The summed E-state index contributed by atoms with van der Waals surface area (Å²) < 4.78 is 14.1. The fraction of sp³-hybridized carbons (Fsp3) is 0.667. The number of hydrogen-bond donors (Lipinski definition) is 1. The first-order chi connectivity index (χ1) is 10.3. The first kappa shape index (κ1) is 15.0. The van der Waals surface area contributed by atoms with Gasteiger partial charge in [-0.25, -0.2) is 4.39 Å². The number of nitrogens with zero attached hydrogens (tertiary/aromatic N) is 1. The number of halogens is 1. The van der Waals surface area contributed by atoms with Gasteiger partial charge >= 0.3 is 0 Å². The van der Waals surface area contributed by atoms with Crippen LogP contribution in [0.1, 0.15) is 44.2 Å². The molecule has 0 spiro atoms. The lowest BCUT2D eigenvalue weighted by Gasteiger charge is -2.26. The molecule has 1 aliphatic heterocycles. The standard InChI is InChI=1S/C18H27FN2/c1-2-10-20-18(16-8-3-4-9-17(16)19)13-21-11-14-6-5-7-15(14)12-21/h3-4,8-9,14-15,18,20H,2,5-7,10-13H2,1H3. The summed E-state index contributed by atoms with van der Waals surface area (Å²) in [7, 11) is 0. The van der Waals surface area contributed by atoms with Crippen LogP contribution in [-0.4, -0.2) is 31.1 Å². The van der Waals surface area contributed by atoms with E-state index in [0.29, 0.717) is 0 Å². The van der Waals surface area contributed by atoms with Crippen LogP contribution in [0, 0.1) is 17.7 Å². The molecule has 1 heterocycles. The van der Waals surface area contributed by atoms with Crippen molar-refractivity contribution in [3.05, 3.63) is 35.6 Å². The van der Waals surface area contributed by atoms with Crippen molar-refractivity contribution >= 4 is 0 Å². The van der Waals surface area contributed by atoms with Crippen LogP contribution in [0.5, 0.6) is 0 Å². The van der Waals surface area contributed by atoms with Gasteiger partial charge in [-0.3, -0.25) is 0 Å². The molecule has 1 saturated heterocycles. The van der Waals surface area contributed by atoms with Crippen molar-refractivity contribution in [2.45, 2.75) is 38.6 Å². The normalized spacial score (nSPS) is 27.0. The van der Waals surface area contributed by atoms with Crippen molar-refractivity contribution in [2.24, 2.45) is 11.8 Å². The Labute approximate surface area is 127 Å². The molecular formula is C18H27FN2. The minimum atomic E-state index is -0.0782. The summed E-state index contributed by atoms with van der Waals surface area (Å²) in [6, 6.07) is 7.34. The van der Waals surface area contributed by atoms with Crippen LogP contribution in [0.2, 0.25) is 0 Å². The van der Waals surface area contributed by atoms with Crippen molar-refractivity contribution in [3.8, 4) is 0 Å². The largest absolute Gasteiger partial charge is 0.309 e. The monoisotopic (exact) mass is 290 g/mol. The smallest absolute Gasteiger partial charge is 0.128 e. The number of rotatable bonds is 6. The third-order valence-electron chi connectivity index (χ3n) is 5.16. The van der Waals surface area contributed by atoms with Crippen LogP contribution < -0.4 is 5.32 Å². The number of benzene rings is 1. The van der Waals surface area contributed by atoms with E-state index >= 15 is 0 Å². The average molecular weight is 290 g/mol. The predicted octanol–water partition coefficient (Wildman–Crippen LogP) is 3.60. The van der Waals surface area contributed by atoms with E-state index in [4.69, 9.17) is 0 Å². The minimum absolute atomic E-state index is 0.0782. The molecule has 2 fully saturated rings. The highest BCUT2D eigenvalue weighted by Gasteiger charge is 2.36. The third kappa shape index (κ3) is 3.46. The Morgan fingerprint density at radius 2 is 1.95 bits per heavy atom. The van der Waals surface area contributed by atoms with E-state index < -0.39 is 0 Å². The fourth-order valence-electron chi connectivity index (χ4n) is 4.09. The molecule has 1 N–H and O–H groups in total. The van der Waals surface area contributed by atoms with Crippen molar-refractivity contribution in [1.82, 2.24) is 10.2 Å². The van der Waals surface area contributed by atoms with Crippen molar-refractivity contribution in [2.75, 3.05) is 26.2 Å². The topological polar surface area (TPSA) is 15.3 Å². The molecule has 3 heteroatoms. The Morgan fingerprint density at radius 3 is 2.62 bits per heavy atom. The lowest BCUT2D eigenvalue weighted by molar-refractivity contribution is 0.270. The van der Waals surface area contributed by atoms with Gasteiger partial charge in [0, 0.05) is 31.2 Å². The molecule has 0 amide bonds. The fourth-order valence-corrected chi connectivity index (χ4v) is 4.09. The highest BCUT2D eigenvalue weighted by molar-refractivity contribution is 5.21. The van der Waals surface area contributed by atoms with E-state index in [1.807, 2.05) is 12.1 Å². The maximum atomic E-state index is 14.1. The van der Waals surface area contributed by atoms with Gasteiger partial charge in [0.2, 0.25) is 0 Å². The molecule has 3 rings (SSSR count). The van der Waals surface area contributed by atoms with Crippen LogP contribution in [-0.2, 0) is 0 Å². The summed E-state index contributed by atoms with van der Waals surface area (Å²) in [5.41, 5.74) is 0.822. The zero-order valence-electron chi connectivity index (χ0n) is 13.0. The Kier molecular flexibility index (Phi) is 4.91. The average Bonchev–Trinajstić information content (AvgIpc) is 3.05. The molecule has 0 bridgehead atoms. The summed E-state index contributed by atoms with van der Waals surface area (Å²) >= 11 is 0. The Morgan fingerprint density at radius 1 is 1.24 bits per heavy atom. The summed E-state index contributed by atoms with van der Waals surface area (Å²) in [5.74, 6) is 1.72. The van der Waals surface area contributed by atoms with E-state index in [-0.39, 0.29) is 11.9 Å². The molecule has 3 unspecified atom stereocenters. The van der Waals surface area contributed by atoms with Gasteiger partial charge in [0.1, 0.15) is 5.82 Å². The minimum Gasteiger partial charge on any atom is -0.309 e. The molecule has 2 nitrogen and oxygen atoms in total. The zero-order chi connectivity index (χ0) is 14.7. The number of fused-ring (bicyclic) bond motifs is 1. The molecular weight excluding hydrogens is 263 g/mol. The maximum absolute atomic E-state index is 14.1. The molecule has 0 aromatic heterocycles. The van der Waals surface area contributed by atoms with E-state index in [0.717, 1.165) is 36.9 Å². The Balaban J connectivity index is 1.67. The zero-order valence-corrected chi connectivity index (χ0v) is 13.0. The molecule has 3 atom stereocenters. The Hall–Kier alpha value is -0.930. The molecule has 0 radical (unpaired) electrons. The summed E-state index contributed by atoms with van der Waals surface area (Å²) in [6.07, 6.45) is 5.28. The summed E-state index contributed by atoms with van der Waals surface area (Å²) in [4.78, 5) is 2.55. The Bertz CT molecular complexity index is 450. The highest BCUT2D eigenvalue weighted by Crippen LogP contribution is 2.38. The van der Waals surface area contributed by atoms with Gasteiger partial charge in [-0.1, -0.05) is 31.5 Å². The maximum Gasteiger partial charge on any atom is 0.128 e. The van der Waals surface area contributed by atoms with Gasteiger partial charge in [-0.15, -0.1) is 0 Å². The van der Waals surface area contributed by atoms with Gasteiger partial charge in [-0.2, -0.15) is 0 Å². The van der Waals surface area contributed by atoms with Crippen molar-refractivity contribution in [1.29, 1.82) is 0 Å². The first-order valence-corrected chi connectivity index (χ1v) is 8.48. The van der Waals surface area contributed by atoms with Crippen LogP contribution in [0.4, 0.5) is 4.39 Å². The van der Waals surface area contributed by atoms with E-state index in [2.05, 4.69) is 17.1 Å². The van der Waals surface area contributed by atoms with Crippen LogP contribution in [0.3, 0.4) is 0 Å². The molecule has 1 aromatic carbocycles. The summed E-state index contributed by atoms with van der Waals surface area (Å²) in [6.45, 7) is 6.46. The van der Waals surface area contributed by atoms with Gasteiger partial charge < -0.3 is 10.2 Å². The van der Waals surface area contributed by atoms with E-state index in [1.165, 1.54) is 32.4 Å². The van der Waals surface area contributed by atoms with Gasteiger partial charge in [0.15, 0.2) is 0 Å². The third-order valence-corrected chi connectivity index (χ3v) is 5.16. The highest BCUT2D eigenvalue weighted by atomic mass is 19.1. The molecule has 1 aliphatic carbocycles. The second-order valence-corrected chi connectivity index (χ2v) is 6.70. The molecule has 1 aromatic rings. The molecule has 1 saturated carbocycles. The molecule has 116 valence electrons. The second-order valence-electron chi connectivity index (χ2n) is 6.70. The first-order valence-electron chi connectivity index (χ1n) is 8.48. The molecule has 2 aliphatic rings. The van der Waals surface area contributed by atoms with Gasteiger partial charge in [-0.05, 0) is 43.7 Å². The van der Waals surface area contributed by atoms with Crippen LogP contribution in [0.15, 0.2) is 24.3 Å². The van der Waals surface area contributed by atoms with Gasteiger partial charge in [0.25, 0.3) is 0 Å². The number of nitrogens with one attached hydrogen (secondary N) is 1. The summed E-state index contributed by atoms with van der Waals surface area (Å²) in [5, 5.41) is 3.54. The lowest BCUT2D eigenvalue weighted by Crippen LogP contribution is -2.35. The van der Waals surface area contributed by atoms with Crippen molar-refractivity contribution < 1.29 is 4.39 Å². The van der Waals surface area contributed by atoms with E-state index in [9.17, 15) is 4.39 Å². The van der Waals surface area contributed by atoms with Crippen molar-refractivity contribution in [3.63, 3.8) is 0 Å². The molecule has 21 heavy (non-hydrogen) atoms. The second kappa shape index (κ2) is 6.89. The lowest BCUT2D eigenvalue weighted by atomic mass is 10.0. The van der Waals surface area contributed by atoms with E-state index in [1.54, 1.807) is 12.1 Å².